The number of hydrogen-bond donors (Lipinski definition) is 3. The zero-order valence-corrected chi connectivity index (χ0v) is 11.1. The summed E-state index contributed by atoms with van der Waals surface area (Å²) in [5.41, 5.74) is 6.62. The highest BCUT2D eigenvalue weighted by molar-refractivity contribution is 7.16. The molecule has 1 aromatic carbocycles. The second-order valence-corrected chi connectivity index (χ2v) is 5.11. The van der Waals surface area contributed by atoms with Crippen LogP contribution >= 0.6 is 11.3 Å². The molecule has 2 rings (SSSR count). The lowest BCUT2D eigenvalue weighted by atomic mass is 10.2. The number of carboxylic acids is 1. The number of benzene rings is 1. The minimum Gasteiger partial charge on any atom is -0.478 e. The second-order valence-electron chi connectivity index (χ2n) is 3.97. The quantitative estimate of drug-likeness (QED) is 0.749. The molecule has 19 heavy (non-hydrogen) atoms. The van der Waals surface area contributed by atoms with Gasteiger partial charge in [-0.25, -0.2) is 9.18 Å². The van der Waals surface area contributed by atoms with Crippen LogP contribution in [0, 0.1) is 5.82 Å². The molecule has 0 saturated heterocycles. The Kier molecular flexibility index (Phi) is 3.71. The highest BCUT2D eigenvalue weighted by atomic mass is 32.1. The van der Waals surface area contributed by atoms with E-state index in [2.05, 4.69) is 5.32 Å². The Hall–Kier alpha value is -2.08. The van der Waals surface area contributed by atoms with Gasteiger partial charge in [-0.3, -0.25) is 0 Å². The molecule has 4 N–H and O–H groups in total. The molecule has 6 heteroatoms. The Morgan fingerprint density at radius 1 is 1.47 bits per heavy atom. The first-order valence-electron chi connectivity index (χ1n) is 5.69. The van der Waals surface area contributed by atoms with Crippen molar-refractivity contribution in [2.45, 2.75) is 13.3 Å². The molecular formula is C13H13FN2O2S. The molecule has 1 aromatic heterocycles. The molecule has 0 aliphatic rings. The lowest BCUT2D eigenvalue weighted by Crippen LogP contribution is -2.01. The molecular weight excluding hydrogens is 267 g/mol. The van der Waals surface area contributed by atoms with Gasteiger partial charge in [-0.05, 0) is 30.7 Å². The maximum Gasteiger partial charge on any atom is 0.338 e. The molecule has 0 spiro atoms. The van der Waals surface area contributed by atoms with Gasteiger partial charge >= 0.3 is 5.97 Å². The number of thiophene rings is 1. The fraction of sp³-hybridized carbons (Fsp3) is 0.154. The average molecular weight is 280 g/mol. The van der Waals surface area contributed by atoms with Crippen LogP contribution < -0.4 is 11.1 Å². The maximum absolute atomic E-state index is 13.0. The van der Waals surface area contributed by atoms with E-state index in [0.717, 1.165) is 11.3 Å². The summed E-state index contributed by atoms with van der Waals surface area (Å²) in [4.78, 5) is 12.1. The summed E-state index contributed by atoms with van der Waals surface area (Å²) in [5.74, 6) is -1.43. The Morgan fingerprint density at radius 2 is 2.21 bits per heavy atom. The molecule has 0 saturated carbocycles. The number of carbonyl (C=O) groups is 1. The molecule has 0 fully saturated rings. The lowest BCUT2D eigenvalue weighted by molar-refractivity contribution is 0.0698. The number of rotatable bonds is 4. The van der Waals surface area contributed by atoms with Gasteiger partial charge in [0.15, 0.2) is 0 Å². The van der Waals surface area contributed by atoms with E-state index >= 15 is 0 Å². The molecule has 0 aliphatic heterocycles. The van der Waals surface area contributed by atoms with Gasteiger partial charge in [-0.15, -0.1) is 11.3 Å². The highest BCUT2D eigenvalue weighted by Crippen LogP contribution is 2.33. The Bertz CT molecular complexity index is 625. The van der Waals surface area contributed by atoms with E-state index in [1.54, 1.807) is 6.07 Å². The van der Waals surface area contributed by atoms with E-state index < -0.39 is 11.8 Å². The van der Waals surface area contributed by atoms with E-state index in [9.17, 15) is 9.18 Å². The minimum absolute atomic E-state index is 0.200. The third kappa shape index (κ3) is 2.85. The molecule has 0 amide bonds. The van der Waals surface area contributed by atoms with Crippen LogP contribution in [-0.4, -0.2) is 11.1 Å². The molecule has 4 nitrogen and oxygen atoms in total. The molecule has 0 unspecified atom stereocenters. The van der Waals surface area contributed by atoms with Crippen molar-refractivity contribution < 1.29 is 14.3 Å². The van der Waals surface area contributed by atoms with Crippen LogP contribution in [0.3, 0.4) is 0 Å². The fourth-order valence-electron chi connectivity index (χ4n) is 1.64. The zero-order chi connectivity index (χ0) is 14.0. The Labute approximate surface area is 113 Å². The van der Waals surface area contributed by atoms with E-state index in [1.165, 1.54) is 29.5 Å². The van der Waals surface area contributed by atoms with Crippen molar-refractivity contribution in [3.05, 3.63) is 40.5 Å². The van der Waals surface area contributed by atoms with Gasteiger partial charge in [0.05, 0.1) is 16.9 Å². The van der Waals surface area contributed by atoms with Crippen molar-refractivity contribution in [2.75, 3.05) is 11.1 Å². The first kappa shape index (κ1) is 13.4. The number of aromatic carboxylic acids is 1. The number of aryl methyl sites for hydroxylation is 1. The van der Waals surface area contributed by atoms with Crippen molar-refractivity contribution >= 4 is 33.7 Å². The SMILES string of the molecule is CCc1cc(C(=O)O)c(Nc2ccc(F)cc2N)s1. The predicted molar refractivity (Wildman–Crippen MR) is 74.8 cm³/mol. The van der Waals surface area contributed by atoms with E-state index in [-0.39, 0.29) is 11.3 Å². The normalized spacial score (nSPS) is 10.4. The van der Waals surface area contributed by atoms with Crippen molar-refractivity contribution in [3.8, 4) is 0 Å². The number of nitrogen functional groups attached to an aromatic ring is 1. The van der Waals surface area contributed by atoms with Gasteiger partial charge in [0.25, 0.3) is 0 Å². The number of halogens is 1. The summed E-state index contributed by atoms with van der Waals surface area (Å²) < 4.78 is 13.0. The topological polar surface area (TPSA) is 75.3 Å². The summed E-state index contributed by atoms with van der Waals surface area (Å²) in [5, 5.41) is 12.6. The third-order valence-corrected chi connectivity index (χ3v) is 3.82. The van der Waals surface area contributed by atoms with Crippen LogP contribution in [0.15, 0.2) is 24.3 Å². The average Bonchev–Trinajstić information content (AvgIpc) is 2.76. The number of nitrogens with two attached hydrogens (primary N) is 1. The van der Waals surface area contributed by atoms with E-state index in [0.29, 0.717) is 10.7 Å². The predicted octanol–water partition coefficient (Wildman–Crippen LogP) is 3.47. The van der Waals surface area contributed by atoms with Crippen molar-refractivity contribution in [3.63, 3.8) is 0 Å². The number of anilines is 3. The van der Waals surface area contributed by atoms with Gasteiger partial charge in [-0.1, -0.05) is 6.92 Å². The zero-order valence-electron chi connectivity index (χ0n) is 10.2. The largest absolute Gasteiger partial charge is 0.478 e. The molecule has 0 radical (unpaired) electrons. The standard InChI is InChI=1S/C13H13FN2O2S/c1-2-8-6-9(13(17)18)12(19-8)16-11-4-3-7(14)5-10(11)15/h3-6,16H,2,15H2,1H3,(H,17,18). The minimum atomic E-state index is -1.00. The summed E-state index contributed by atoms with van der Waals surface area (Å²) in [7, 11) is 0. The second kappa shape index (κ2) is 5.27. The fourth-order valence-corrected chi connectivity index (χ4v) is 2.64. The van der Waals surface area contributed by atoms with Crippen LogP contribution in [0.1, 0.15) is 22.2 Å². The monoisotopic (exact) mass is 280 g/mol. The number of hydrogen-bond acceptors (Lipinski definition) is 4. The molecule has 1 heterocycles. The summed E-state index contributed by atoms with van der Waals surface area (Å²) >= 11 is 1.35. The number of nitrogens with one attached hydrogen (secondary N) is 1. The smallest absolute Gasteiger partial charge is 0.338 e. The first-order valence-corrected chi connectivity index (χ1v) is 6.51. The van der Waals surface area contributed by atoms with Gasteiger partial charge in [0.2, 0.25) is 0 Å². The summed E-state index contributed by atoms with van der Waals surface area (Å²) in [6.45, 7) is 1.95. The lowest BCUT2D eigenvalue weighted by Gasteiger charge is -2.08. The summed E-state index contributed by atoms with van der Waals surface area (Å²) in [6, 6.07) is 5.58. The van der Waals surface area contributed by atoms with Gasteiger partial charge in [-0.2, -0.15) is 0 Å². The van der Waals surface area contributed by atoms with Crippen molar-refractivity contribution in [1.29, 1.82) is 0 Å². The van der Waals surface area contributed by atoms with Crippen LogP contribution in [0.5, 0.6) is 0 Å². The molecule has 0 aliphatic carbocycles. The van der Waals surface area contributed by atoms with Crippen LogP contribution in [0.4, 0.5) is 20.8 Å². The number of carboxylic acid groups (broad SMARTS) is 1. The van der Waals surface area contributed by atoms with Gasteiger partial charge in [0.1, 0.15) is 10.8 Å². The van der Waals surface area contributed by atoms with Crippen molar-refractivity contribution in [1.82, 2.24) is 0 Å². The van der Waals surface area contributed by atoms with Crippen molar-refractivity contribution in [2.24, 2.45) is 0 Å². The summed E-state index contributed by atoms with van der Waals surface area (Å²) in [6.07, 6.45) is 0.755. The first-order chi connectivity index (χ1) is 9.01. The van der Waals surface area contributed by atoms with Crippen LogP contribution in [0.25, 0.3) is 0 Å². The molecule has 2 aromatic rings. The Balaban J connectivity index is 2.37. The third-order valence-electron chi connectivity index (χ3n) is 2.62. The Morgan fingerprint density at radius 3 is 2.79 bits per heavy atom. The molecule has 0 atom stereocenters. The van der Waals surface area contributed by atoms with E-state index in [4.69, 9.17) is 10.8 Å². The van der Waals surface area contributed by atoms with Gasteiger partial charge in [0, 0.05) is 4.88 Å². The highest BCUT2D eigenvalue weighted by Gasteiger charge is 2.15. The van der Waals surface area contributed by atoms with Gasteiger partial charge < -0.3 is 16.2 Å². The van der Waals surface area contributed by atoms with Crippen LogP contribution in [0.2, 0.25) is 0 Å². The molecule has 0 bridgehead atoms. The van der Waals surface area contributed by atoms with E-state index in [1.807, 2.05) is 6.92 Å². The van der Waals surface area contributed by atoms with Crippen LogP contribution in [-0.2, 0) is 6.42 Å². The molecule has 100 valence electrons. The maximum atomic E-state index is 13.0.